The molecule has 0 saturated carbocycles. The minimum atomic E-state index is -2.77. The van der Waals surface area contributed by atoms with Crippen molar-refractivity contribution in [2.24, 2.45) is 0 Å². The zero-order valence-corrected chi connectivity index (χ0v) is 10.3. The van der Waals surface area contributed by atoms with E-state index in [0.29, 0.717) is 11.8 Å². The smallest absolute Gasteiger partial charge is 0.147 e. The summed E-state index contributed by atoms with van der Waals surface area (Å²) < 4.78 is 21.7. The average Bonchev–Trinajstić information content (AvgIpc) is 2.13. The Balaban J connectivity index is 2.03. The summed E-state index contributed by atoms with van der Waals surface area (Å²) in [7, 11) is -2.77. The predicted molar refractivity (Wildman–Crippen MR) is 62.7 cm³/mol. The van der Waals surface area contributed by atoms with Gasteiger partial charge in [-0.2, -0.15) is 11.8 Å². The third kappa shape index (κ3) is 5.88. The van der Waals surface area contributed by atoms with Gasteiger partial charge in [0.05, 0.1) is 5.75 Å². The van der Waals surface area contributed by atoms with Gasteiger partial charge >= 0.3 is 0 Å². The molecule has 1 unspecified atom stereocenters. The standard InChI is InChI=1S/C9H19NO2S2/c1-14(11,12)7-3-5-10-9-4-2-6-13-8-9/h9-10H,2-8H2,1H3. The van der Waals surface area contributed by atoms with Crippen molar-refractivity contribution in [3.05, 3.63) is 0 Å². The van der Waals surface area contributed by atoms with Crippen LogP contribution < -0.4 is 5.32 Å². The molecule has 1 aliphatic rings. The van der Waals surface area contributed by atoms with Crippen molar-refractivity contribution in [1.29, 1.82) is 0 Å². The van der Waals surface area contributed by atoms with Crippen LogP contribution in [-0.2, 0) is 9.84 Å². The van der Waals surface area contributed by atoms with E-state index in [-0.39, 0.29) is 0 Å². The number of sulfone groups is 1. The second kappa shape index (κ2) is 5.98. The molecule has 5 heteroatoms. The highest BCUT2D eigenvalue weighted by Crippen LogP contribution is 2.16. The lowest BCUT2D eigenvalue weighted by Crippen LogP contribution is -2.34. The van der Waals surface area contributed by atoms with Crippen LogP contribution in [0.1, 0.15) is 19.3 Å². The van der Waals surface area contributed by atoms with Gasteiger partial charge in [0.2, 0.25) is 0 Å². The van der Waals surface area contributed by atoms with Crippen LogP contribution in [0.3, 0.4) is 0 Å². The molecule has 3 nitrogen and oxygen atoms in total. The van der Waals surface area contributed by atoms with E-state index >= 15 is 0 Å². The normalized spacial score (nSPS) is 23.6. The van der Waals surface area contributed by atoms with Crippen molar-refractivity contribution in [3.63, 3.8) is 0 Å². The maximum Gasteiger partial charge on any atom is 0.147 e. The summed E-state index contributed by atoms with van der Waals surface area (Å²) in [6, 6.07) is 0.605. The van der Waals surface area contributed by atoms with Gasteiger partial charge in [-0.05, 0) is 31.6 Å². The zero-order chi connectivity index (χ0) is 10.4. The second-order valence-electron chi connectivity index (χ2n) is 3.85. The van der Waals surface area contributed by atoms with Gasteiger partial charge in [0.1, 0.15) is 9.84 Å². The molecule has 84 valence electrons. The van der Waals surface area contributed by atoms with Crippen LogP contribution in [0, 0.1) is 0 Å². The fourth-order valence-electron chi connectivity index (χ4n) is 1.54. The first-order valence-electron chi connectivity index (χ1n) is 5.07. The Labute approximate surface area is 91.0 Å². The van der Waals surface area contributed by atoms with E-state index in [2.05, 4.69) is 5.32 Å². The van der Waals surface area contributed by atoms with Crippen LogP contribution >= 0.6 is 11.8 Å². The monoisotopic (exact) mass is 237 g/mol. The SMILES string of the molecule is CS(=O)(=O)CCCNC1CCCSC1. The van der Waals surface area contributed by atoms with Gasteiger partial charge in [-0.15, -0.1) is 0 Å². The van der Waals surface area contributed by atoms with Gasteiger partial charge < -0.3 is 5.32 Å². The van der Waals surface area contributed by atoms with Crippen molar-refractivity contribution in [2.45, 2.75) is 25.3 Å². The Morgan fingerprint density at radius 3 is 2.86 bits per heavy atom. The fraction of sp³-hybridized carbons (Fsp3) is 1.00. The highest BCUT2D eigenvalue weighted by Gasteiger charge is 2.12. The van der Waals surface area contributed by atoms with Crippen molar-refractivity contribution in [1.82, 2.24) is 5.32 Å². The third-order valence-electron chi connectivity index (χ3n) is 2.29. The van der Waals surface area contributed by atoms with E-state index in [1.165, 1.54) is 30.6 Å². The van der Waals surface area contributed by atoms with Crippen molar-refractivity contribution in [2.75, 3.05) is 30.1 Å². The van der Waals surface area contributed by atoms with Gasteiger partial charge in [-0.3, -0.25) is 0 Å². The largest absolute Gasteiger partial charge is 0.313 e. The Morgan fingerprint density at radius 1 is 1.50 bits per heavy atom. The molecule has 1 aliphatic heterocycles. The minimum Gasteiger partial charge on any atom is -0.313 e. The number of hydrogen-bond donors (Lipinski definition) is 1. The van der Waals surface area contributed by atoms with E-state index in [1.807, 2.05) is 11.8 Å². The van der Waals surface area contributed by atoms with Gasteiger partial charge in [-0.1, -0.05) is 0 Å². The van der Waals surface area contributed by atoms with Crippen LogP contribution in [0.2, 0.25) is 0 Å². The molecule has 1 N–H and O–H groups in total. The first-order valence-corrected chi connectivity index (χ1v) is 8.28. The predicted octanol–water partition coefficient (Wildman–Crippen LogP) is 0.906. The summed E-state index contributed by atoms with van der Waals surface area (Å²) in [5, 5.41) is 3.41. The number of hydrogen-bond acceptors (Lipinski definition) is 4. The highest BCUT2D eigenvalue weighted by atomic mass is 32.2. The molecule has 1 rings (SSSR count). The molecule has 1 atom stereocenters. The van der Waals surface area contributed by atoms with Gasteiger partial charge in [0.25, 0.3) is 0 Å². The molecule has 0 aromatic heterocycles. The number of rotatable bonds is 5. The van der Waals surface area contributed by atoms with Crippen molar-refractivity contribution < 1.29 is 8.42 Å². The molecule has 0 spiro atoms. The Bertz CT molecular complexity index is 246. The van der Waals surface area contributed by atoms with Crippen LogP contribution in [0.15, 0.2) is 0 Å². The molecule has 0 aromatic rings. The molecule has 1 saturated heterocycles. The van der Waals surface area contributed by atoms with Gasteiger partial charge in [0, 0.05) is 18.1 Å². The lowest BCUT2D eigenvalue weighted by Gasteiger charge is -2.22. The van der Waals surface area contributed by atoms with E-state index in [9.17, 15) is 8.42 Å². The summed E-state index contributed by atoms with van der Waals surface area (Å²) in [5.41, 5.74) is 0. The maximum absolute atomic E-state index is 10.9. The first kappa shape index (κ1) is 12.3. The van der Waals surface area contributed by atoms with Crippen LogP contribution in [0.25, 0.3) is 0 Å². The summed E-state index contributed by atoms with van der Waals surface area (Å²) in [6.07, 6.45) is 4.56. The van der Waals surface area contributed by atoms with E-state index in [4.69, 9.17) is 0 Å². The molecule has 0 amide bonds. The minimum absolute atomic E-state index is 0.305. The summed E-state index contributed by atoms with van der Waals surface area (Å²) >= 11 is 1.99. The molecule has 0 aliphatic carbocycles. The summed E-state index contributed by atoms with van der Waals surface area (Å²) in [5.74, 6) is 2.76. The quantitative estimate of drug-likeness (QED) is 0.722. The maximum atomic E-state index is 10.9. The molecule has 0 bridgehead atoms. The van der Waals surface area contributed by atoms with Crippen molar-refractivity contribution >= 4 is 21.6 Å². The molecule has 0 radical (unpaired) electrons. The molecule has 1 fully saturated rings. The van der Waals surface area contributed by atoms with Gasteiger partial charge in [0.15, 0.2) is 0 Å². The lowest BCUT2D eigenvalue weighted by molar-refractivity contribution is 0.506. The molecule has 14 heavy (non-hydrogen) atoms. The van der Waals surface area contributed by atoms with Crippen LogP contribution in [0.5, 0.6) is 0 Å². The van der Waals surface area contributed by atoms with E-state index in [0.717, 1.165) is 13.0 Å². The average molecular weight is 237 g/mol. The van der Waals surface area contributed by atoms with Crippen molar-refractivity contribution in [3.8, 4) is 0 Å². The highest BCUT2D eigenvalue weighted by molar-refractivity contribution is 7.99. The summed E-state index contributed by atoms with van der Waals surface area (Å²) in [4.78, 5) is 0. The van der Waals surface area contributed by atoms with E-state index in [1.54, 1.807) is 0 Å². The molecular formula is C9H19NO2S2. The third-order valence-corrected chi connectivity index (χ3v) is 4.53. The number of thioether (sulfide) groups is 1. The fourth-order valence-corrected chi connectivity index (χ4v) is 3.32. The van der Waals surface area contributed by atoms with Crippen LogP contribution in [0.4, 0.5) is 0 Å². The lowest BCUT2D eigenvalue weighted by atomic mass is 10.2. The first-order chi connectivity index (χ1) is 6.58. The Morgan fingerprint density at radius 2 is 2.29 bits per heavy atom. The zero-order valence-electron chi connectivity index (χ0n) is 8.66. The Kier molecular flexibility index (Phi) is 5.26. The van der Waals surface area contributed by atoms with Gasteiger partial charge in [-0.25, -0.2) is 8.42 Å². The number of nitrogens with one attached hydrogen (secondary N) is 1. The molecule has 0 aromatic carbocycles. The second-order valence-corrected chi connectivity index (χ2v) is 7.26. The topological polar surface area (TPSA) is 46.2 Å². The molecular weight excluding hydrogens is 218 g/mol. The van der Waals surface area contributed by atoms with Crippen LogP contribution in [-0.4, -0.2) is 44.5 Å². The Hall–Kier alpha value is 0.260. The molecule has 1 heterocycles. The summed E-state index contributed by atoms with van der Waals surface area (Å²) in [6.45, 7) is 0.832. The van der Waals surface area contributed by atoms with E-state index < -0.39 is 9.84 Å².